The number of carbonyl (C=O) groups excluding carboxylic acids is 2. The summed E-state index contributed by atoms with van der Waals surface area (Å²) in [5.74, 6) is 0.824. The van der Waals surface area contributed by atoms with Gasteiger partial charge in [0.2, 0.25) is 11.8 Å². The third-order valence-corrected chi connectivity index (χ3v) is 4.27. The van der Waals surface area contributed by atoms with Gasteiger partial charge >= 0.3 is 0 Å². The molecule has 6 heteroatoms. The largest absolute Gasteiger partial charge is 0.493 e. The molecular formula is C15H17BrN2O3. The van der Waals surface area contributed by atoms with Crippen molar-refractivity contribution in [3.05, 3.63) is 27.7 Å². The SMILES string of the molecule is O=C(CN1CCCC1=O)NCc1cc(Br)cc2c1OCC2. The fraction of sp³-hybridized carbons (Fsp3) is 0.467. The Morgan fingerprint density at radius 3 is 3.00 bits per heavy atom. The Morgan fingerprint density at radius 1 is 1.38 bits per heavy atom. The number of fused-ring (bicyclic) bond motifs is 1. The van der Waals surface area contributed by atoms with E-state index in [1.54, 1.807) is 4.90 Å². The van der Waals surface area contributed by atoms with E-state index in [2.05, 4.69) is 27.3 Å². The van der Waals surface area contributed by atoms with Crippen LogP contribution in [0, 0.1) is 0 Å². The number of ether oxygens (including phenoxy) is 1. The van der Waals surface area contributed by atoms with Gasteiger partial charge in [-0.05, 0) is 24.1 Å². The lowest BCUT2D eigenvalue weighted by molar-refractivity contribution is -0.133. The summed E-state index contributed by atoms with van der Waals surface area (Å²) in [5.41, 5.74) is 2.14. The first-order chi connectivity index (χ1) is 10.1. The van der Waals surface area contributed by atoms with Gasteiger partial charge in [0.25, 0.3) is 0 Å². The lowest BCUT2D eigenvalue weighted by Gasteiger charge is -2.15. The van der Waals surface area contributed by atoms with Gasteiger partial charge in [0.05, 0.1) is 13.2 Å². The Morgan fingerprint density at radius 2 is 2.24 bits per heavy atom. The van der Waals surface area contributed by atoms with Crippen molar-refractivity contribution < 1.29 is 14.3 Å². The van der Waals surface area contributed by atoms with Crippen molar-refractivity contribution in [2.75, 3.05) is 19.7 Å². The van der Waals surface area contributed by atoms with E-state index in [1.165, 1.54) is 5.56 Å². The molecular weight excluding hydrogens is 336 g/mol. The van der Waals surface area contributed by atoms with E-state index in [9.17, 15) is 9.59 Å². The highest BCUT2D eigenvalue weighted by Crippen LogP contribution is 2.32. The van der Waals surface area contributed by atoms with Gasteiger partial charge in [-0.25, -0.2) is 0 Å². The molecule has 1 aromatic rings. The fourth-order valence-electron chi connectivity index (χ4n) is 2.77. The molecule has 0 aliphatic carbocycles. The van der Waals surface area contributed by atoms with Crippen LogP contribution in [-0.4, -0.2) is 36.4 Å². The standard InChI is InChI=1S/C15H17BrN2O3/c16-12-6-10-3-5-21-15(10)11(7-12)8-17-13(19)9-18-4-1-2-14(18)20/h6-7H,1-5,8-9H2,(H,17,19). The number of nitrogens with zero attached hydrogens (tertiary/aromatic N) is 1. The van der Waals surface area contributed by atoms with Crippen LogP contribution in [0.4, 0.5) is 0 Å². The smallest absolute Gasteiger partial charge is 0.239 e. The van der Waals surface area contributed by atoms with Gasteiger partial charge in [-0.2, -0.15) is 0 Å². The molecule has 0 bridgehead atoms. The van der Waals surface area contributed by atoms with Crippen LogP contribution < -0.4 is 10.1 Å². The lowest BCUT2D eigenvalue weighted by Crippen LogP contribution is -2.37. The lowest BCUT2D eigenvalue weighted by atomic mass is 10.1. The van der Waals surface area contributed by atoms with Crippen molar-refractivity contribution in [2.45, 2.75) is 25.8 Å². The van der Waals surface area contributed by atoms with Crippen LogP contribution in [-0.2, 0) is 22.6 Å². The van der Waals surface area contributed by atoms with Crippen molar-refractivity contribution >= 4 is 27.7 Å². The number of nitrogens with one attached hydrogen (secondary N) is 1. The van der Waals surface area contributed by atoms with E-state index in [1.807, 2.05) is 6.07 Å². The second-order valence-electron chi connectivity index (χ2n) is 5.35. The Labute approximate surface area is 131 Å². The zero-order valence-corrected chi connectivity index (χ0v) is 13.2. The Balaban J connectivity index is 1.60. The van der Waals surface area contributed by atoms with Crippen LogP contribution in [0.1, 0.15) is 24.0 Å². The summed E-state index contributed by atoms with van der Waals surface area (Å²) < 4.78 is 6.62. The second kappa shape index (κ2) is 6.05. The summed E-state index contributed by atoms with van der Waals surface area (Å²) in [5, 5.41) is 2.87. The monoisotopic (exact) mass is 352 g/mol. The van der Waals surface area contributed by atoms with Crippen molar-refractivity contribution in [3.8, 4) is 5.75 Å². The van der Waals surface area contributed by atoms with Crippen molar-refractivity contribution in [2.24, 2.45) is 0 Å². The molecule has 2 amide bonds. The molecule has 2 heterocycles. The molecule has 0 unspecified atom stereocenters. The molecule has 1 fully saturated rings. The van der Waals surface area contributed by atoms with E-state index >= 15 is 0 Å². The number of carbonyl (C=O) groups is 2. The van der Waals surface area contributed by atoms with Gasteiger partial charge in [-0.15, -0.1) is 0 Å². The number of hydrogen-bond acceptors (Lipinski definition) is 3. The summed E-state index contributed by atoms with van der Waals surface area (Å²) in [6, 6.07) is 4.02. The fourth-order valence-corrected chi connectivity index (χ4v) is 3.32. The number of likely N-dealkylation sites (tertiary alicyclic amines) is 1. The van der Waals surface area contributed by atoms with Crippen molar-refractivity contribution in [1.29, 1.82) is 0 Å². The summed E-state index contributed by atoms with van der Waals surface area (Å²) in [6.07, 6.45) is 2.30. The highest BCUT2D eigenvalue weighted by atomic mass is 79.9. The number of amides is 2. The Kier molecular flexibility index (Phi) is 4.14. The molecule has 0 spiro atoms. The third kappa shape index (κ3) is 3.20. The van der Waals surface area contributed by atoms with Crippen LogP contribution in [0.3, 0.4) is 0 Å². The molecule has 1 N–H and O–H groups in total. The topological polar surface area (TPSA) is 58.6 Å². The maximum absolute atomic E-state index is 11.9. The third-order valence-electron chi connectivity index (χ3n) is 3.81. The maximum atomic E-state index is 11.9. The number of halogens is 1. The minimum atomic E-state index is -0.128. The summed E-state index contributed by atoms with van der Waals surface area (Å²) in [4.78, 5) is 25.1. The molecule has 5 nitrogen and oxygen atoms in total. The predicted octanol–water partition coefficient (Wildman–Crippen LogP) is 1.62. The first kappa shape index (κ1) is 14.4. The van der Waals surface area contributed by atoms with Gasteiger partial charge in [0.15, 0.2) is 0 Å². The van der Waals surface area contributed by atoms with Crippen LogP contribution in [0.2, 0.25) is 0 Å². The maximum Gasteiger partial charge on any atom is 0.239 e. The zero-order valence-electron chi connectivity index (χ0n) is 11.7. The average Bonchev–Trinajstić information content (AvgIpc) is 3.05. The summed E-state index contributed by atoms with van der Waals surface area (Å²) in [7, 11) is 0. The number of benzene rings is 1. The Hall–Kier alpha value is -1.56. The van der Waals surface area contributed by atoms with Crippen molar-refractivity contribution in [1.82, 2.24) is 10.2 Å². The molecule has 1 aromatic carbocycles. The molecule has 2 aliphatic rings. The van der Waals surface area contributed by atoms with Crippen LogP contribution in [0.25, 0.3) is 0 Å². The van der Waals surface area contributed by atoms with E-state index in [-0.39, 0.29) is 18.4 Å². The highest BCUT2D eigenvalue weighted by molar-refractivity contribution is 9.10. The van der Waals surface area contributed by atoms with Crippen LogP contribution in [0.15, 0.2) is 16.6 Å². The Bertz CT molecular complexity index is 589. The molecule has 0 radical (unpaired) electrons. The van der Waals surface area contributed by atoms with Gasteiger partial charge < -0.3 is 15.0 Å². The van der Waals surface area contributed by atoms with E-state index in [0.29, 0.717) is 26.1 Å². The quantitative estimate of drug-likeness (QED) is 0.895. The minimum absolute atomic E-state index is 0.0665. The molecule has 0 aromatic heterocycles. The van der Waals surface area contributed by atoms with E-state index in [4.69, 9.17) is 4.74 Å². The molecule has 21 heavy (non-hydrogen) atoms. The number of rotatable bonds is 4. The van der Waals surface area contributed by atoms with Gasteiger partial charge in [-0.3, -0.25) is 9.59 Å². The van der Waals surface area contributed by atoms with E-state index < -0.39 is 0 Å². The van der Waals surface area contributed by atoms with Gasteiger partial charge in [0, 0.05) is 36.0 Å². The van der Waals surface area contributed by atoms with E-state index in [0.717, 1.165) is 28.6 Å². The van der Waals surface area contributed by atoms with Gasteiger partial charge in [-0.1, -0.05) is 15.9 Å². The average molecular weight is 353 g/mol. The molecule has 1 saturated heterocycles. The second-order valence-corrected chi connectivity index (χ2v) is 6.26. The molecule has 0 saturated carbocycles. The summed E-state index contributed by atoms with van der Waals surface area (Å²) >= 11 is 3.48. The first-order valence-electron chi connectivity index (χ1n) is 7.12. The summed E-state index contributed by atoms with van der Waals surface area (Å²) in [6.45, 7) is 1.94. The minimum Gasteiger partial charge on any atom is -0.493 e. The molecule has 3 rings (SSSR count). The van der Waals surface area contributed by atoms with Crippen molar-refractivity contribution in [3.63, 3.8) is 0 Å². The van der Waals surface area contributed by atoms with Gasteiger partial charge in [0.1, 0.15) is 5.75 Å². The van der Waals surface area contributed by atoms with Crippen LogP contribution in [0.5, 0.6) is 5.75 Å². The predicted molar refractivity (Wildman–Crippen MR) is 81.0 cm³/mol. The first-order valence-corrected chi connectivity index (χ1v) is 7.91. The molecule has 112 valence electrons. The normalized spacial score (nSPS) is 16.8. The molecule has 0 atom stereocenters. The highest BCUT2D eigenvalue weighted by Gasteiger charge is 2.23. The zero-order chi connectivity index (χ0) is 14.8. The number of hydrogen-bond donors (Lipinski definition) is 1. The molecule has 2 aliphatic heterocycles. The van der Waals surface area contributed by atoms with Crippen LogP contribution >= 0.6 is 15.9 Å².